The van der Waals surface area contributed by atoms with Crippen molar-refractivity contribution in [3.8, 4) is 0 Å². The molecule has 5 nitrogen and oxygen atoms in total. The van der Waals surface area contributed by atoms with Gasteiger partial charge >= 0.3 is 0 Å². The zero-order chi connectivity index (χ0) is 12.2. The third-order valence-corrected chi connectivity index (χ3v) is 3.88. The summed E-state index contributed by atoms with van der Waals surface area (Å²) >= 11 is 16.7. The summed E-state index contributed by atoms with van der Waals surface area (Å²) in [4.78, 5) is 7.28. The monoisotopic (exact) mass is 303 g/mol. The van der Waals surface area contributed by atoms with Crippen molar-refractivity contribution in [3.63, 3.8) is 0 Å². The van der Waals surface area contributed by atoms with Crippen molar-refractivity contribution >= 4 is 50.6 Å². The van der Waals surface area contributed by atoms with Gasteiger partial charge in [-0.25, -0.2) is 18.4 Å². The van der Waals surface area contributed by atoms with E-state index in [0.29, 0.717) is 6.42 Å². The zero-order valence-electron chi connectivity index (χ0n) is 7.95. The van der Waals surface area contributed by atoms with E-state index in [1.165, 1.54) is 0 Å². The van der Waals surface area contributed by atoms with Crippen molar-refractivity contribution in [1.82, 2.24) is 9.97 Å². The number of anilines is 1. The van der Waals surface area contributed by atoms with Gasteiger partial charge in [-0.05, 0) is 6.42 Å². The maximum atomic E-state index is 11.5. The summed E-state index contributed by atoms with van der Waals surface area (Å²) in [5, 5.41) is -0.0367. The molecule has 0 aliphatic heterocycles. The Hall–Kier alpha value is -0.300. The van der Waals surface area contributed by atoms with Gasteiger partial charge in [-0.15, -0.1) is 11.6 Å². The largest absolute Gasteiger partial charge is 0.266 e. The average Bonchev–Trinajstić information content (AvgIpc) is 2.22. The highest BCUT2D eigenvalue weighted by molar-refractivity contribution is 7.92. The number of alkyl halides is 1. The zero-order valence-corrected chi connectivity index (χ0v) is 11.0. The fourth-order valence-electron chi connectivity index (χ4n) is 0.862. The molecule has 1 N–H and O–H groups in total. The van der Waals surface area contributed by atoms with Crippen LogP contribution in [0.15, 0.2) is 6.33 Å². The second kappa shape index (κ2) is 5.86. The number of halogens is 3. The first-order chi connectivity index (χ1) is 7.46. The van der Waals surface area contributed by atoms with Gasteiger partial charge in [-0.3, -0.25) is 4.72 Å². The van der Waals surface area contributed by atoms with Crippen molar-refractivity contribution in [1.29, 1.82) is 0 Å². The van der Waals surface area contributed by atoms with E-state index >= 15 is 0 Å². The number of aromatic nitrogens is 2. The standard InChI is InChI=1S/C7H8Cl3N3O2S/c8-2-1-3-16(14,15)13-7-5(9)6(10)11-4-12-7/h4H,1-3H2,(H,11,12,13). The van der Waals surface area contributed by atoms with Crippen LogP contribution in [-0.2, 0) is 10.0 Å². The number of nitrogens with one attached hydrogen (secondary N) is 1. The molecule has 1 rings (SSSR count). The molecule has 0 saturated carbocycles. The Morgan fingerprint density at radius 2 is 2.00 bits per heavy atom. The van der Waals surface area contributed by atoms with Gasteiger partial charge in [0.15, 0.2) is 11.0 Å². The Bertz CT molecular complexity index is 466. The number of rotatable bonds is 5. The first kappa shape index (κ1) is 13.8. The summed E-state index contributed by atoms with van der Waals surface area (Å²) in [6, 6.07) is 0. The lowest BCUT2D eigenvalue weighted by Crippen LogP contribution is -2.18. The van der Waals surface area contributed by atoms with Crippen LogP contribution in [0.1, 0.15) is 6.42 Å². The molecule has 0 atom stereocenters. The van der Waals surface area contributed by atoms with E-state index in [2.05, 4.69) is 14.7 Å². The molecule has 1 heterocycles. The number of nitrogens with zero attached hydrogens (tertiary/aromatic N) is 2. The Balaban J connectivity index is 2.84. The molecule has 0 fully saturated rings. The van der Waals surface area contributed by atoms with Gasteiger partial charge in [0.25, 0.3) is 0 Å². The lowest BCUT2D eigenvalue weighted by Gasteiger charge is -2.07. The highest BCUT2D eigenvalue weighted by atomic mass is 35.5. The normalized spacial score (nSPS) is 11.4. The van der Waals surface area contributed by atoms with Crippen molar-refractivity contribution in [2.24, 2.45) is 0 Å². The van der Waals surface area contributed by atoms with Crippen LogP contribution in [0.25, 0.3) is 0 Å². The van der Waals surface area contributed by atoms with Gasteiger partial charge in [0.2, 0.25) is 10.0 Å². The minimum Gasteiger partial charge on any atom is -0.266 e. The summed E-state index contributed by atoms with van der Waals surface area (Å²) in [5.74, 6) is 0.129. The quantitative estimate of drug-likeness (QED) is 0.668. The lowest BCUT2D eigenvalue weighted by molar-refractivity contribution is 0.600. The summed E-state index contributed by atoms with van der Waals surface area (Å²) in [6.07, 6.45) is 1.46. The molecule has 0 aromatic carbocycles. The molecule has 0 bridgehead atoms. The minimum absolute atomic E-state index is 0.00768. The molecular formula is C7H8Cl3N3O2S. The van der Waals surface area contributed by atoms with Crippen molar-refractivity contribution < 1.29 is 8.42 Å². The third kappa shape index (κ3) is 3.93. The topological polar surface area (TPSA) is 72.0 Å². The molecule has 0 aliphatic carbocycles. The summed E-state index contributed by atoms with van der Waals surface area (Å²) in [5.41, 5.74) is 0. The number of hydrogen-bond donors (Lipinski definition) is 1. The van der Waals surface area contributed by atoms with Gasteiger partial charge in [0.05, 0.1) is 5.75 Å². The van der Waals surface area contributed by atoms with Crippen LogP contribution in [0.3, 0.4) is 0 Å². The second-order valence-corrected chi connectivity index (χ2v) is 5.75. The van der Waals surface area contributed by atoms with E-state index in [-0.39, 0.29) is 27.6 Å². The van der Waals surface area contributed by atoms with Crippen molar-refractivity contribution in [2.75, 3.05) is 16.4 Å². The van der Waals surface area contributed by atoms with Gasteiger partial charge in [-0.1, -0.05) is 23.2 Å². The number of sulfonamides is 1. The Morgan fingerprint density at radius 3 is 2.62 bits per heavy atom. The Kier molecular flexibility index (Phi) is 5.04. The predicted octanol–water partition coefficient (Wildman–Crippen LogP) is 2.15. The molecule has 0 aliphatic rings. The average molecular weight is 305 g/mol. The smallest absolute Gasteiger partial charge is 0.233 e. The van der Waals surface area contributed by atoms with E-state index < -0.39 is 10.0 Å². The van der Waals surface area contributed by atoms with Crippen LogP contribution in [0, 0.1) is 0 Å². The van der Waals surface area contributed by atoms with E-state index in [4.69, 9.17) is 34.8 Å². The molecule has 1 aromatic heterocycles. The maximum absolute atomic E-state index is 11.5. The lowest BCUT2D eigenvalue weighted by atomic mass is 10.6. The first-order valence-corrected chi connectivity index (χ1v) is 7.13. The van der Waals surface area contributed by atoms with E-state index in [9.17, 15) is 8.42 Å². The third-order valence-electron chi connectivity index (χ3n) is 1.55. The van der Waals surface area contributed by atoms with Gasteiger partial charge in [-0.2, -0.15) is 0 Å². The van der Waals surface area contributed by atoms with E-state index in [0.717, 1.165) is 6.33 Å². The molecule has 9 heteroatoms. The van der Waals surface area contributed by atoms with Crippen LogP contribution in [0.5, 0.6) is 0 Å². The van der Waals surface area contributed by atoms with Crippen molar-refractivity contribution in [2.45, 2.75) is 6.42 Å². The summed E-state index contributed by atoms with van der Waals surface area (Å²) in [6.45, 7) is 0. The molecule has 0 saturated heterocycles. The number of hydrogen-bond acceptors (Lipinski definition) is 4. The molecule has 0 unspecified atom stereocenters. The first-order valence-electron chi connectivity index (χ1n) is 4.18. The van der Waals surface area contributed by atoms with Crippen molar-refractivity contribution in [3.05, 3.63) is 16.5 Å². The second-order valence-electron chi connectivity index (χ2n) is 2.79. The van der Waals surface area contributed by atoms with Gasteiger partial charge in [0.1, 0.15) is 11.3 Å². The van der Waals surface area contributed by atoms with E-state index in [1.807, 2.05) is 0 Å². The fraction of sp³-hybridized carbons (Fsp3) is 0.429. The van der Waals surface area contributed by atoms with E-state index in [1.54, 1.807) is 0 Å². The molecular weight excluding hydrogens is 297 g/mol. The highest BCUT2D eigenvalue weighted by Gasteiger charge is 2.14. The van der Waals surface area contributed by atoms with Crippen LogP contribution in [0.2, 0.25) is 10.2 Å². The van der Waals surface area contributed by atoms with Crippen LogP contribution >= 0.6 is 34.8 Å². The van der Waals surface area contributed by atoms with Crippen LogP contribution in [-0.4, -0.2) is 30.0 Å². The molecule has 90 valence electrons. The summed E-state index contributed by atoms with van der Waals surface area (Å²) < 4.78 is 25.2. The van der Waals surface area contributed by atoms with Crippen LogP contribution in [0.4, 0.5) is 5.82 Å². The Labute approximate surface area is 108 Å². The molecule has 0 radical (unpaired) electrons. The van der Waals surface area contributed by atoms with Gasteiger partial charge in [0, 0.05) is 5.88 Å². The van der Waals surface area contributed by atoms with Gasteiger partial charge < -0.3 is 0 Å². The molecule has 1 aromatic rings. The Morgan fingerprint density at radius 1 is 1.31 bits per heavy atom. The maximum Gasteiger partial charge on any atom is 0.233 e. The predicted molar refractivity (Wildman–Crippen MR) is 64.8 cm³/mol. The molecule has 16 heavy (non-hydrogen) atoms. The highest BCUT2D eigenvalue weighted by Crippen LogP contribution is 2.26. The minimum atomic E-state index is -3.50. The van der Waals surface area contributed by atoms with Crippen LogP contribution < -0.4 is 4.72 Å². The SMILES string of the molecule is O=S(=O)(CCCCl)Nc1ncnc(Cl)c1Cl. The summed E-state index contributed by atoms with van der Waals surface area (Å²) in [7, 11) is -3.50. The molecule has 0 spiro atoms. The fourth-order valence-corrected chi connectivity index (χ4v) is 2.56. The molecule has 0 amide bonds.